The highest BCUT2D eigenvalue weighted by Gasteiger charge is 2.21. The largest absolute Gasteiger partial charge is 0.392 e. The smallest absolute Gasteiger partial charge is 0.343 e. The maximum Gasteiger partial charge on any atom is 0.343 e. The van der Waals surface area contributed by atoms with Crippen molar-refractivity contribution in [2.75, 3.05) is 19.6 Å². The summed E-state index contributed by atoms with van der Waals surface area (Å²) in [5.74, 6) is 0. The van der Waals surface area contributed by atoms with Crippen LogP contribution in [0.2, 0.25) is 0 Å². The van der Waals surface area contributed by atoms with Crippen molar-refractivity contribution in [1.82, 2.24) is 19.7 Å². The van der Waals surface area contributed by atoms with Crippen molar-refractivity contribution < 1.29 is 0 Å². The number of likely N-dealkylation sites (tertiary alicyclic amines) is 1. The average Bonchev–Trinajstić information content (AvgIpc) is 2.65. The van der Waals surface area contributed by atoms with Crippen molar-refractivity contribution in [3.63, 3.8) is 0 Å². The SMILES string of the molecule is NC(=S)CN1CCC(n2cn[nH]c2=O)CC1. The van der Waals surface area contributed by atoms with Crippen molar-refractivity contribution in [2.24, 2.45) is 5.73 Å². The molecule has 0 spiro atoms. The number of rotatable bonds is 3. The van der Waals surface area contributed by atoms with Crippen LogP contribution in [0, 0.1) is 0 Å². The van der Waals surface area contributed by atoms with E-state index in [-0.39, 0.29) is 11.7 Å². The highest BCUT2D eigenvalue weighted by molar-refractivity contribution is 7.80. The number of nitrogens with two attached hydrogens (primary N) is 1. The minimum absolute atomic E-state index is 0.132. The van der Waals surface area contributed by atoms with Gasteiger partial charge in [-0.15, -0.1) is 0 Å². The van der Waals surface area contributed by atoms with Crippen molar-refractivity contribution in [3.8, 4) is 0 Å². The maximum absolute atomic E-state index is 11.4. The van der Waals surface area contributed by atoms with Gasteiger partial charge in [-0.25, -0.2) is 9.89 Å². The molecule has 1 saturated heterocycles. The third-order valence-electron chi connectivity index (χ3n) is 2.91. The molecule has 3 N–H and O–H groups in total. The molecule has 16 heavy (non-hydrogen) atoms. The number of piperidine rings is 1. The molecule has 0 aromatic carbocycles. The molecule has 1 aliphatic heterocycles. The first-order chi connectivity index (χ1) is 7.66. The van der Waals surface area contributed by atoms with E-state index in [2.05, 4.69) is 15.1 Å². The van der Waals surface area contributed by atoms with Gasteiger partial charge in [0.15, 0.2) is 0 Å². The number of aromatic nitrogens is 3. The van der Waals surface area contributed by atoms with Crippen LogP contribution in [0.4, 0.5) is 0 Å². The molecule has 88 valence electrons. The lowest BCUT2D eigenvalue weighted by Gasteiger charge is -2.31. The Morgan fingerprint density at radius 2 is 2.31 bits per heavy atom. The van der Waals surface area contributed by atoms with E-state index >= 15 is 0 Å². The van der Waals surface area contributed by atoms with E-state index in [4.69, 9.17) is 18.0 Å². The number of nitrogens with zero attached hydrogens (tertiary/aromatic N) is 3. The van der Waals surface area contributed by atoms with Gasteiger partial charge in [-0.2, -0.15) is 5.10 Å². The van der Waals surface area contributed by atoms with E-state index < -0.39 is 0 Å². The van der Waals surface area contributed by atoms with Crippen LogP contribution in [0.1, 0.15) is 18.9 Å². The van der Waals surface area contributed by atoms with Gasteiger partial charge in [0.2, 0.25) is 0 Å². The molecule has 1 aliphatic rings. The van der Waals surface area contributed by atoms with E-state index in [9.17, 15) is 4.79 Å². The Morgan fingerprint density at radius 1 is 1.62 bits per heavy atom. The fourth-order valence-corrected chi connectivity index (χ4v) is 2.28. The van der Waals surface area contributed by atoms with Crippen molar-refractivity contribution >= 4 is 17.2 Å². The van der Waals surface area contributed by atoms with Gasteiger partial charge in [0.05, 0.1) is 4.99 Å². The number of H-pyrrole nitrogens is 1. The molecule has 1 aromatic heterocycles. The van der Waals surface area contributed by atoms with Crippen LogP contribution in [0.5, 0.6) is 0 Å². The summed E-state index contributed by atoms with van der Waals surface area (Å²) < 4.78 is 1.66. The van der Waals surface area contributed by atoms with Gasteiger partial charge in [-0.1, -0.05) is 12.2 Å². The predicted molar refractivity (Wildman–Crippen MR) is 64.3 cm³/mol. The van der Waals surface area contributed by atoms with Gasteiger partial charge >= 0.3 is 5.69 Å². The fourth-order valence-electron chi connectivity index (χ4n) is 2.09. The third kappa shape index (κ3) is 2.48. The Balaban J connectivity index is 1.93. The van der Waals surface area contributed by atoms with Crippen LogP contribution < -0.4 is 11.4 Å². The molecule has 0 bridgehead atoms. The molecule has 0 saturated carbocycles. The quantitative estimate of drug-likeness (QED) is 0.697. The summed E-state index contributed by atoms with van der Waals surface area (Å²) in [5, 5.41) is 6.15. The summed E-state index contributed by atoms with van der Waals surface area (Å²) in [6.45, 7) is 2.50. The average molecular weight is 241 g/mol. The lowest BCUT2D eigenvalue weighted by Crippen LogP contribution is -2.40. The van der Waals surface area contributed by atoms with Gasteiger partial charge < -0.3 is 5.73 Å². The van der Waals surface area contributed by atoms with Crippen LogP contribution in [-0.2, 0) is 0 Å². The third-order valence-corrected chi connectivity index (χ3v) is 3.04. The standard InChI is InChI=1S/C9H15N5OS/c10-8(16)5-13-3-1-7(2-4-13)14-6-11-12-9(14)15/h6-7H,1-5H2,(H2,10,16)(H,12,15). The van der Waals surface area contributed by atoms with Crippen molar-refractivity contribution in [3.05, 3.63) is 16.8 Å². The normalized spacial score (nSPS) is 18.8. The Morgan fingerprint density at radius 3 is 2.81 bits per heavy atom. The van der Waals surface area contributed by atoms with Gasteiger partial charge in [-0.05, 0) is 12.8 Å². The summed E-state index contributed by atoms with van der Waals surface area (Å²) >= 11 is 4.87. The Kier molecular flexibility index (Phi) is 3.35. The van der Waals surface area contributed by atoms with Crippen LogP contribution in [0.25, 0.3) is 0 Å². The summed E-state index contributed by atoms with van der Waals surface area (Å²) in [6, 6.07) is 0.244. The molecule has 0 radical (unpaired) electrons. The van der Waals surface area contributed by atoms with Gasteiger partial charge in [0.1, 0.15) is 6.33 Å². The molecule has 0 atom stereocenters. The summed E-state index contributed by atoms with van der Waals surface area (Å²) in [6.07, 6.45) is 3.43. The van der Waals surface area contributed by atoms with E-state index in [0.29, 0.717) is 11.5 Å². The minimum atomic E-state index is -0.132. The number of thiocarbonyl (C=S) groups is 1. The van der Waals surface area contributed by atoms with Gasteiger partial charge in [0, 0.05) is 25.7 Å². The summed E-state index contributed by atoms with van der Waals surface area (Å²) in [4.78, 5) is 14.1. The lowest BCUT2D eigenvalue weighted by molar-refractivity contribution is 0.206. The van der Waals surface area contributed by atoms with Crippen LogP contribution in [0.15, 0.2) is 11.1 Å². The van der Waals surface area contributed by atoms with Crippen molar-refractivity contribution in [1.29, 1.82) is 0 Å². The van der Waals surface area contributed by atoms with Gasteiger partial charge in [-0.3, -0.25) is 9.47 Å². The molecule has 2 rings (SSSR count). The zero-order valence-electron chi connectivity index (χ0n) is 8.93. The predicted octanol–water partition coefficient (Wildman–Crippen LogP) is -0.506. The Labute approximate surface area is 98.4 Å². The molecule has 1 aromatic rings. The van der Waals surface area contributed by atoms with Crippen molar-refractivity contribution in [2.45, 2.75) is 18.9 Å². The monoisotopic (exact) mass is 241 g/mol. The first-order valence-electron chi connectivity index (χ1n) is 5.29. The molecule has 7 heteroatoms. The van der Waals surface area contributed by atoms with E-state index in [0.717, 1.165) is 25.9 Å². The first-order valence-corrected chi connectivity index (χ1v) is 5.70. The second-order valence-corrected chi connectivity index (χ2v) is 4.57. The maximum atomic E-state index is 11.4. The summed E-state index contributed by atoms with van der Waals surface area (Å²) in [7, 11) is 0. The molecule has 0 unspecified atom stereocenters. The second-order valence-electron chi connectivity index (χ2n) is 4.04. The zero-order chi connectivity index (χ0) is 11.5. The fraction of sp³-hybridized carbons (Fsp3) is 0.667. The highest BCUT2D eigenvalue weighted by Crippen LogP contribution is 2.19. The summed E-state index contributed by atoms with van der Waals surface area (Å²) in [5.41, 5.74) is 5.36. The molecule has 0 amide bonds. The minimum Gasteiger partial charge on any atom is -0.392 e. The molecule has 6 nitrogen and oxygen atoms in total. The molecule has 1 fully saturated rings. The van der Waals surface area contributed by atoms with Gasteiger partial charge in [0.25, 0.3) is 0 Å². The zero-order valence-corrected chi connectivity index (χ0v) is 9.74. The molecular formula is C9H15N5OS. The Bertz CT molecular complexity index is 418. The first kappa shape index (κ1) is 11.3. The van der Waals surface area contributed by atoms with E-state index in [1.807, 2.05) is 0 Å². The molecule has 0 aliphatic carbocycles. The van der Waals surface area contributed by atoms with Crippen LogP contribution in [-0.4, -0.2) is 44.3 Å². The number of hydrogen-bond donors (Lipinski definition) is 2. The molecular weight excluding hydrogens is 226 g/mol. The second kappa shape index (κ2) is 4.75. The lowest BCUT2D eigenvalue weighted by atomic mass is 10.1. The Hall–Kier alpha value is -1.21. The number of nitrogens with one attached hydrogen (secondary N) is 1. The molecule has 2 heterocycles. The topological polar surface area (TPSA) is 79.9 Å². The highest BCUT2D eigenvalue weighted by atomic mass is 32.1. The number of hydrogen-bond acceptors (Lipinski definition) is 4. The van der Waals surface area contributed by atoms with E-state index in [1.54, 1.807) is 10.9 Å². The number of aromatic amines is 1. The van der Waals surface area contributed by atoms with Crippen LogP contribution in [0.3, 0.4) is 0 Å². The van der Waals surface area contributed by atoms with E-state index in [1.165, 1.54) is 0 Å². The van der Waals surface area contributed by atoms with Crippen LogP contribution >= 0.6 is 12.2 Å².